The molecule has 0 spiro atoms. The minimum atomic E-state index is -0.473. The third kappa shape index (κ3) is 4.85. The first kappa shape index (κ1) is 20.2. The molecule has 148 valence electrons. The van der Waals surface area contributed by atoms with Crippen LogP contribution in [0.5, 0.6) is 11.5 Å². The standard InChI is InChI=1S/C19H21BrN4O3S/c1-24-5-4-21-18(24)17(12-6-14(26-2)9-15(7-12)27-3)23-19(25)22-10-16-8-13(20)11-28-16/h4-9,11,17H,10H2,1-3H3,(H2,22,23,25). The number of hydrogen-bond donors (Lipinski definition) is 2. The molecule has 7 nitrogen and oxygen atoms in total. The molecule has 1 aromatic carbocycles. The summed E-state index contributed by atoms with van der Waals surface area (Å²) < 4.78 is 13.6. The van der Waals surface area contributed by atoms with Gasteiger partial charge in [-0.1, -0.05) is 0 Å². The van der Waals surface area contributed by atoms with Crippen molar-refractivity contribution < 1.29 is 14.3 Å². The predicted molar refractivity (Wildman–Crippen MR) is 112 cm³/mol. The monoisotopic (exact) mass is 464 g/mol. The first-order valence-corrected chi connectivity index (χ1v) is 10.1. The Morgan fingerprint density at radius 3 is 2.50 bits per heavy atom. The van der Waals surface area contributed by atoms with Gasteiger partial charge in [0.05, 0.1) is 20.8 Å². The number of ether oxygens (including phenoxy) is 2. The molecule has 1 unspecified atom stereocenters. The highest BCUT2D eigenvalue weighted by Crippen LogP contribution is 2.29. The second kappa shape index (κ2) is 9.11. The fraction of sp³-hybridized carbons (Fsp3) is 0.263. The highest BCUT2D eigenvalue weighted by molar-refractivity contribution is 9.10. The Morgan fingerprint density at radius 2 is 1.96 bits per heavy atom. The zero-order chi connectivity index (χ0) is 20.1. The van der Waals surface area contributed by atoms with E-state index in [2.05, 4.69) is 31.5 Å². The van der Waals surface area contributed by atoms with Gasteiger partial charge in [0.2, 0.25) is 0 Å². The number of imidazole rings is 1. The number of hydrogen-bond acceptors (Lipinski definition) is 5. The van der Waals surface area contributed by atoms with E-state index in [4.69, 9.17) is 9.47 Å². The van der Waals surface area contributed by atoms with Gasteiger partial charge in [0.15, 0.2) is 0 Å². The molecule has 0 aliphatic carbocycles. The molecule has 0 radical (unpaired) electrons. The fourth-order valence-electron chi connectivity index (χ4n) is 2.74. The van der Waals surface area contributed by atoms with Crippen molar-refractivity contribution in [3.63, 3.8) is 0 Å². The van der Waals surface area contributed by atoms with Gasteiger partial charge in [-0.05, 0) is 39.7 Å². The molecule has 1 atom stereocenters. The van der Waals surface area contributed by atoms with Crippen molar-refractivity contribution in [3.8, 4) is 11.5 Å². The zero-order valence-corrected chi connectivity index (χ0v) is 18.1. The predicted octanol–water partition coefficient (Wildman–Crippen LogP) is 3.85. The average molecular weight is 465 g/mol. The van der Waals surface area contributed by atoms with Gasteiger partial charge in [0.1, 0.15) is 23.4 Å². The summed E-state index contributed by atoms with van der Waals surface area (Å²) in [6, 6.07) is 6.72. The summed E-state index contributed by atoms with van der Waals surface area (Å²) >= 11 is 5.00. The molecule has 3 aromatic rings. The summed E-state index contributed by atoms with van der Waals surface area (Å²) in [6.45, 7) is 0.441. The van der Waals surface area contributed by atoms with Gasteiger partial charge in [-0.25, -0.2) is 9.78 Å². The van der Waals surface area contributed by atoms with E-state index in [-0.39, 0.29) is 6.03 Å². The maximum atomic E-state index is 12.6. The second-order valence-corrected chi connectivity index (χ2v) is 7.95. The van der Waals surface area contributed by atoms with Crippen LogP contribution in [0.25, 0.3) is 0 Å². The van der Waals surface area contributed by atoms with Gasteiger partial charge in [-0.3, -0.25) is 0 Å². The third-order valence-electron chi connectivity index (χ3n) is 4.14. The lowest BCUT2D eigenvalue weighted by Crippen LogP contribution is -2.38. The van der Waals surface area contributed by atoms with Crippen molar-refractivity contribution >= 4 is 33.3 Å². The van der Waals surface area contributed by atoms with Gasteiger partial charge >= 0.3 is 6.03 Å². The number of aromatic nitrogens is 2. The van der Waals surface area contributed by atoms with E-state index in [1.54, 1.807) is 37.8 Å². The number of aryl methyl sites for hydroxylation is 1. The Labute approximate surface area is 175 Å². The SMILES string of the molecule is COc1cc(OC)cc(C(NC(=O)NCc2cc(Br)cs2)c2nccn2C)c1. The van der Waals surface area contributed by atoms with Crippen molar-refractivity contribution in [2.75, 3.05) is 14.2 Å². The van der Waals surface area contributed by atoms with Gasteiger partial charge < -0.3 is 24.7 Å². The molecule has 2 amide bonds. The van der Waals surface area contributed by atoms with Crippen LogP contribution in [0.3, 0.4) is 0 Å². The lowest BCUT2D eigenvalue weighted by Gasteiger charge is -2.20. The molecule has 2 heterocycles. The van der Waals surface area contributed by atoms with E-state index in [0.717, 1.165) is 14.9 Å². The van der Waals surface area contributed by atoms with Gasteiger partial charge in [0, 0.05) is 40.2 Å². The molecule has 9 heteroatoms. The Hall–Kier alpha value is -2.52. The number of nitrogens with one attached hydrogen (secondary N) is 2. The number of carbonyl (C=O) groups excluding carboxylic acids is 1. The summed E-state index contributed by atoms with van der Waals surface area (Å²) in [4.78, 5) is 18.1. The molecule has 0 saturated carbocycles. The second-order valence-electron chi connectivity index (χ2n) is 6.03. The Bertz CT molecular complexity index is 934. The maximum Gasteiger partial charge on any atom is 0.315 e. The first-order valence-electron chi connectivity index (χ1n) is 8.47. The number of carbonyl (C=O) groups is 1. The summed E-state index contributed by atoms with van der Waals surface area (Å²) in [5.74, 6) is 1.97. The van der Waals surface area contributed by atoms with Gasteiger partial charge in [0.25, 0.3) is 0 Å². The lowest BCUT2D eigenvalue weighted by molar-refractivity contribution is 0.237. The number of thiophene rings is 1. The molecule has 0 fully saturated rings. The number of methoxy groups -OCH3 is 2. The van der Waals surface area contributed by atoms with Crippen LogP contribution in [0.2, 0.25) is 0 Å². The van der Waals surface area contributed by atoms with E-state index in [0.29, 0.717) is 23.9 Å². The van der Waals surface area contributed by atoms with Crippen molar-refractivity contribution in [1.82, 2.24) is 20.2 Å². The van der Waals surface area contributed by atoms with E-state index in [1.165, 1.54) is 0 Å². The van der Waals surface area contributed by atoms with E-state index < -0.39 is 6.04 Å². The smallest absolute Gasteiger partial charge is 0.315 e. The largest absolute Gasteiger partial charge is 0.497 e. The highest BCUT2D eigenvalue weighted by atomic mass is 79.9. The van der Waals surface area contributed by atoms with Crippen LogP contribution in [0, 0.1) is 0 Å². The molecular weight excluding hydrogens is 444 g/mol. The summed E-state index contributed by atoms with van der Waals surface area (Å²) in [5.41, 5.74) is 0.805. The van der Waals surface area contributed by atoms with Crippen LogP contribution in [0.4, 0.5) is 4.79 Å². The van der Waals surface area contributed by atoms with E-state index in [1.807, 2.05) is 41.4 Å². The summed E-state index contributed by atoms with van der Waals surface area (Å²) in [5, 5.41) is 7.88. The topological polar surface area (TPSA) is 77.4 Å². The maximum absolute atomic E-state index is 12.6. The van der Waals surface area contributed by atoms with Crippen LogP contribution in [-0.4, -0.2) is 29.8 Å². The Morgan fingerprint density at radius 1 is 1.25 bits per heavy atom. The van der Waals surface area contributed by atoms with Crippen molar-refractivity contribution in [2.24, 2.45) is 7.05 Å². The minimum absolute atomic E-state index is 0.292. The van der Waals surface area contributed by atoms with Gasteiger partial charge in [-0.15, -0.1) is 11.3 Å². The molecule has 2 N–H and O–H groups in total. The fourth-order valence-corrected chi connectivity index (χ4v) is 4.14. The lowest BCUT2D eigenvalue weighted by atomic mass is 10.1. The average Bonchev–Trinajstić information content (AvgIpc) is 3.31. The Balaban J connectivity index is 1.84. The first-order chi connectivity index (χ1) is 13.5. The number of nitrogens with zero attached hydrogens (tertiary/aromatic N) is 2. The molecule has 3 rings (SSSR count). The van der Waals surface area contributed by atoms with Gasteiger partial charge in [-0.2, -0.15) is 0 Å². The molecule has 0 aliphatic rings. The quantitative estimate of drug-likeness (QED) is 0.556. The molecule has 0 bridgehead atoms. The molecule has 28 heavy (non-hydrogen) atoms. The van der Waals surface area contributed by atoms with E-state index in [9.17, 15) is 4.79 Å². The summed E-state index contributed by atoms with van der Waals surface area (Å²) in [7, 11) is 5.07. The number of benzene rings is 1. The molecular formula is C19H21BrN4O3S. The summed E-state index contributed by atoms with van der Waals surface area (Å²) in [6.07, 6.45) is 3.53. The van der Waals surface area contributed by atoms with Crippen LogP contribution < -0.4 is 20.1 Å². The Kier molecular flexibility index (Phi) is 6.58. The van der Waals surface area contributed by atoms with Crippen LogP contribution in [0.15, 0.2) is 46.5 Å². The molecule has 0 aliphatic heterocycles. The highest BCUT2D eigenvalue weighted by Gasteiger charge is 2.22. The minimum Gasteiger partial charge on any atom is -0.497 e. The van der Waals surface area contributed by atoms with Crippen LogP contribution in [-0.2, 0) is 13.6 Å². The van der Waals surface area contributed by atoms with Crippen LogP contribution >= 0.6 is 27.3 Å². The number of halogens is 1. The number of rotatable bonds is 7. The molecule has 2 aromatic heterocycles. The van der Waals surface area contributed by atoms with Crippen molar-refractivity contribution in [2.45, 2.75) is 12.6 Å². The van der Waals surface area contributed by atoms with Crippen LogP contribution in [0.1, 0.15) is 22.3 Å². The van der Waals surface area contributed by atoms with E-state index >= 15 is 0 Å². The number of amides is 2. The number of urea groups is 1. The zero-order valence-electron chi connectivity index (χ0n) is 15.7. The van der Waals surface area contributed by atoms with Crippen molar-refractivity contribution in [3.05, 3.63) is 62.8 Å². The molecule has 0 saturated heterocycles. The normalized spacial score (nSPS) is 11.7. The van der Waals surface area contributed by atoms with Crippen molar-refractivity contribution in [1.29, 1.82) is 0 Å². The third-order valence-corrected chi connectivity index (χ3v) is 5.84.